The summed E-state index contributed by atoms with van der Waals surface area (Å²) in [7, 11) is 0. The predicted octanol–water partition coefficient (Wildman–Crippen LogP) is 6.14. The molecule has 0 aliphatic heterocycles. The van der Waals surface area contributed by atoms with E-state index in [2.05, 4.69) is 38.1 Å². The highest BCUT2D eigenvalue weighted by atomic mass is 14.0. The van der Waals surface area contributed by atoms with E-state index < -0.39 is 0 Å². The second-order valence-electron chi connectivity index (χ2n) is 5.64. The van der Waals surface area contributed by atoms with Gasteiger partial charge in [-0.1, -0.05) is 83.1 Å². The largest absolute Gasteiger partial charge is 0.0654 e. The summed E-state index contributed by atoms with van der Waals surface area (Å²) >= 11 is 0. The Morgan fingerprint density at radius 2 is 1.16 bits per heavy atom. The van der Waals surface area contributed by atoms with Crippen LogP contribution in [0.25, 0.3) is 0 Å². The van der Waals surface area contributed by atoms with E-state index in [1.165, 1.54) is 75.3 Å². The first-order valence-electron chi connectivity index (χ1n) is 8.24. The molecule has 0 aromatic heterocycles. The summed E-state index contributed by atoms with van der Waals surface area (Å²) in [6.07, 6.45) is 14.5. The smallest absolute Gasteiger partial charge is 0.0279 e. The van der Waals surface area contributed by atoms with E-state index >= 15 is 0 Å². The molecule has 0 saturated carbocycles. The topological polar surface area (TPSA) is 0 Å². The zero-order valence-corrected chi connectivity index (χ0v) is 12.8. The Morgan fingerprint density at radius 1 is 0.684 bits per heavy atom. The van der Waals surface area contributed by atoms with Gasteiger partial charge in [-0.2, -0.15) is 0 Å². The van der Waals surface area contributed by atoms with E-state index in [4.69, 9.17) is 0 Å². The van der Waals surface area contributed by atoms with Gasteiger partial charge in [0.15, 0.2) is 0 Å². The lowest BCUT2D eigenvalue weighted by Gasteiger charge is -2.04. The van der Waals surface area contributed by atoms with Crippen LogP contribution >= 0.6 is 0 Å². The van der Waals surface area contributed by atoms with Crippen LogP contribution in [0.2, 0.25) is 0 Å². The molecule has 0 bridgehead atoms. The van der Waals surface area contributed by atoms with Crippen molar-refractivity contribution in [1.82, 2.24) is 0 Å². The van der Waals surface area contributed by atoms with Crippen molar-refractivity contribution in [3.63, 3.8) is 0 Å². The first-order chi connectivity index (χ1) is 9.36. The molecule has 107 valence electrons. The predicted molar refractivity (Wildman–Crippen MR) is 86.4 cm³/mol. The summed E-state index contributed by atoms with van der Waals surface area (Å²) in [5.41, 5.74) is 2.97. The summed E-state index contributed by atoms with van der Waals surface area (Å²) in [4.78, 5) is 0. The molecule has 0 aliphatic rings. The van der Waals surface area contributed by atoms with Crippen molar-refractivity contribution < 1.29 is 0 Å². The van der Waals surface area contributed by atoms with Crippen molar-refractivity contribution in [2.45, 2.75) is 77.6 Å². The van der Waals surface area contributed by atoms with Crippen LogP contribution in [0.5, 0.6) is 0 Å². The van der Waals surface area contributed by atoms with Crippen molar-refractivity contribution in [1.29, 1.82) is 0 Å². The molecule has 0 heteroatoms. The third kappa shape index (κ3) is 8.08. The van der Waals surface area contributed by atoms with Crippen molar-refractivity contribution in [3.05, 3.63) is 42.3 Å². The van der Waals surface area contributed by atoms with Crippen molar-refractivity contribution in [2.24, 2.45) is 0 Å². The van der Waals surface area contributed by atoms with E-state index in [0.29, 0.717) is 0 Å². The lowest BCUT2D eigenvalue weighted by Crippen LogP contribution is -1.89. The lowest BCUT2D eigenvalue weighted by molar-refractivity contribution is 0.589. The van der Waals surface area contributed by atoms with Crippen LogP contribution in [-0.4, -0.2) is 0 Å². The molecule has 0 amide bonds. The number of hydrogen-bond donors (Lipinski definition) is 0. The number of hydrogen-bond acceptors (Lipinski definition) is 0. The van der Waals surface area contributed by atoms with Crippen molar-refractivity contribution in [2.75, 3.05) is 0 Å². The highest BCUT2D eigenvalue weighted by Crippen LogP contribution is 2.12. The van der Waals surface area contributed by atoms with Gasteiger partial charge in [0.1, 0.15) is 0 Å². The van der Waals surface area contributed by atoms with Gasteiger partial charge >= 0.3 is 0 Å². The van der Waals surface area contributed by atoms with E-state index in [9.17, 15) is 0 Å². The molecule has 0 fully saturated rings. The molecule has 0 spiro atoms. The minimum Gasteiger partial charge on any atom is -0.0654 e. The molecule has 0 nitrogen and oxygen atoms in total. The zero-order chi connectivity index (χ0) is 13.8. The Morgan fingerprint density at radius 3 is 1.68 bits per heavy atom. The Balaban J connectivity index is 2.09. The number of rotatable bonds is 11. The van der Waals surface area contributed by atoms with Gasteiger partial charge < -0.3 is 0 Å². The average molecular weight is 259 g/mol. The lowest BCUT2D eigenvalue weighted by atomic mass is 10.0. The summed E-state index contributed by atoms with van der Waals surface area (Å²) in [5, 5.41) is 0. The first-order valence-corrected chi connectivity index (χ1v) is 8.24. The van der Waals surface area contributed by atoms with Gasteiger partial charge in [-0.25, -0.2) is 0 Å². The molecule has 1 rings (SSSR count). The number of aryl methyl sites for hydroxylation is 2. The van der Waals surface area contributed by atoms with Gasteiger partial charge in [0.05, 0.1) is 0 Å². The van der Waals surface area contributed by atoms with Crippen LogP contribution in [0.3, 0.4) is 0 Å². The molecular weight excluding hydrogens is 228 g/mol. The molecule has 0 heterocycles. The third-order valence-corrected chi connectivity index (χ3v) is 3.81. The molecule has 0 saturated heterocycles. The SMILES string of the molecule is [CH2]CCCc1ccc(CCCCCCCCC)cc1. The maximum atomic E-state index is 3.89. The molecule has 0 aliphatic carbocycles. The Kier molecular flexibility index (Phi) is 9.49. The van der Waals surface area contributed by atoms with E-state index in [1.807, 2.05) is 0 Å². The van der Waals surface area contributed by atoms with Crippen LogP contribution in [-0.2, 0) is 12.8 Å². The minimum absolute atomic E-state index is 1.04. The van der Waals surface area contributed by atoms with E-state index in [-0.39, 0.29) is 0 Å². The summed E-state index contributed by atoms with van der Waals surface area (Å²) < 4.78 is 0. The Labute approximate surface area is 120 Å². The summed E-state index contributed by atoms with van der Waals surface area (Å²) in [6.45, 7) is 6.17. The molecule has 19 heavy (non-hydrogen) atoms. The Bertz CT molecular complexity index is 296. The highest BCUT2D eigenvalue weighted by molar-refractivity contribution is 5.22. The molecule has 0 atom stereocenters. The Hall–Kier alpha value is -0.780. The maximum Gasteiger partial charge on any atom is -0.0279 e. The fourth-order valence-corrected chi connectivity index (χ4v) is 2.49. The van der Waals surface area contributed by atoms with Gasteiger partial charge in [0, 0.05) is 0 Å². The molecule has 1 radical (unpaired) electrons. The monoisotopic (exact) mass is 259 g/mol. The van der Waals surface area contributed by atoms with Crippen LogP contribution in [0, 0.1) is 6.92 Å². The first kappa shape index (κ1) is 16.3. The highest BCUT2D eigenvalue weighted by Gasteiger charge is 1.96. The van der Waals surface area contributed by atoms with Gasteiger partial charge in [0.25, 0.3) is 0 Å². The second kappa shape index (κ2) is 11.1. The molecule has 1 aromatic carbocycles. The van der Waals surface area contributed by atoms with Crippen molar-refractivity contribution in [3.8, 4) is 0 Å². The molecule has 1 aromatic rings. The normalized spacial score (nSPS) is 10.8. The van der Waals surface area contributed by atoms with Crippen LogP contribution < -0.4 is 0 Å². The van der Waals surface area contributed by atoms with E-state index in [1.54, 1.807) is 0 Å². The zero-order valence-electron chi connectivity index (χ0n) is 12.8. The van der Waals surface area contributed by atoms with E-state index in [0.717, 1.165) is 6.42 Å². The second-order valence-corrected chi connectivity index (χ2v) is 5.64. The maximum absolute atomic E-state index is 3.89. The minimum atomic E-state index is 1.04. The average Bonchev–Trinajstić information content (AvgIpc) is 2.45. The number of unbranched alkanes of at least 4 members (excludes halogenated alkanes) is 7. The van der Waals surface area contributed by atoms with Crippen LogP contribution in [0.1, 0.15) is 75.8 Å². The van der Waals surface area contributed by atoms with Gasteiger partial charge in [0.2, 0.25) is 0 Å². The van der Waals surface area contributed by atoms with Gasteiger partial charge in [-0.15, -0.1) is 0 Å². The van der Waals surface area contributed by atoms with Gasteiger partial charge in [-0.3, -0.25) is 0 Å². The van der Waals surface area contributed by atoms with Crippen LogP contribution in [0.4, 0.5) is 0 Å². The van der Waals surface area contributed by atoms with Gasteiger partial charge in [-0.05, 0) is 36.8 Å². The summed E-state index contributed by atoms with van der Waals surface area (Å²) in [6, 6.07) is 9.23. The third-order valence-electron chi connectivity index (χ3n) is 3.81. The quantitative estimate of drug-likeness (QED) is 0.419. The van der Waals surface area contributed by atoms with Crippen molar-refractivity contribution >= 4 is 0 Å². The molecule has 0 unspecified atom stereocenters. The fourth-order valence-electron chi connectivity index (χ4n) is 2.49. The van der Waals surface area contributed by atoms with Crippen LogP contribution in [0.15, 0.2) is 24.3 Å². The standard InChI is InChI=1S/C19H31/c1-3-5-7-8-9-10-11-13-19-16-14-18(15-17-19)12-6-4-2/h14-17H,2-13H2,1H3. The molecule has 0 N–H and O–H groups in total. The molecular formula is C19H31. The number of benzene rings is 1. The summed E-state index contributed by atoms with van der Waals surface area (Å²) in [5.74, 6) is 0. The fraction of sp³-hybridized carbons (Fsp3) is 0.632.